The first-order chi connectivity index (χ1) is 8.91. The maximum atomic E-state index is 14.0. The fourth-order valence-corrected chi connectivity index (χ4v) is 2.34. The summed E-state index contributed by atoms with van der Waals surface area (Å²) in [5, 5.41) is 10.1. The maximum absolute atomic E-state index is 14.0. The molecule has 5 heteroatoms. The average Bonchev–Trinajstić information content (AvgIpc) is 2.35. The van der Waals surface area contributed by atoms with Crippen molar-refractivity contribution in [1.82, 2.24) is 0 Å². The smallest absolute Gasteiger partial charge is 0.149 e. The summed E-state index contributed by atoms with van der Waals surface area (Å²) in [4.78, 5) is 0. The maximum Gasteiger partial charge on any atom is 0.149 e. The van der Waals surface area contributed by atoms with E-state index < -0.39 is 17.7 Å². The molecule has 1 unspecified atom stereocenters. The molecule has 2 aromatic rings. The summed E-state index contributed by atoms with van der Waals surface area (Å²) in [7, 11) is 0. The number of hydrogen-bond acceptors (Lipinski definition) is 1. The Bertz CT molecular complexity index is 631. The minimum absolute atomic E-state index is 0.0582. The molecule has 0 aromatic heterocycles. The van der Waals surface area contributed by atoms with Crippen molar-refractivity contribution in [2.24, 2.45) is 0 Å². The summed E-state index contributed by atoms with van der Waals surface area (Å²) < 4.78 is 27.5. The van der Waals surface area contributed by atoms with E-state index in [0.29, 0.717) is 15.6 Å². The highest BCUT2D eigenvalue weighted by molar-refractivity contribution is 9.10. The molecule has 2 aromatic carbocycles. The van der Waals surface area contributed by atoms with Crippen molar-refractivity contribution in [3.63, 3.8) is 0 Å². The van der Waals surface area contributed by atoms with Gasteiger partial charge in [-0.15, -0.1) is 0 Å². The van der Waals surface area contributed by atoms with Gasteiger partial charge in [0.05, 0.1) is 5.02 Å². The predicted molar refractivity (Wildman–Crippen MR) is 74.3 cm³/mol. The Morgan fingerprint density at radius 2 is 1.79 bits per heavy atom. The minimum Gasteiger partial charge on any atom is -0.384 e. The number of aliphatic hydroxyl groups is 1. The van der Waals surface area contributed by atoms with E-state index in [-0.39, 0.29) is 10.6 Å². The Morgan fingerprint density at radius 1 is 1.16 bits per heavy atom. The summed E-state index contributed by atoms with van der Waals surface area (Å²) in [6.07, 6.45) is -1.19. The van der Waals surface area contributed by atoms with E-state index in [4.69, 9.17) is 11.6 Å². The van der Waals surface area contributed by atoms with Crippen LogP contribution < -0.4 is 0 Å². The molecule has 1 N–H and O–H groups in total. The van der Waals surface area contributed by atoms with Crippen LogP contribution in [0.1, 0.15) is 22.8 Å². The lowest BCUT2D eigenvalue weighted by molar-refractivity contribution is 0.214. The van der Waals surface area contributed by atoms with Crippen molar-refractivity contribution in [2.45, 2.75) is 13.0 Å². The van der Waals surface area contributed by atoms with Crippen LogP contribution in [-0.4, -0.2) is 5.11 Å². The molecule has 1 nitrogen and oxygen atoms in total. The van der Waals surface area contributed by atoms with E-state index in [1.54, 1.807) is 13.0 Å². The molecule has 0 saturated heterocycles. The number of benzene rings is 2. The molecule has 0 bridgehead atoms. The molecule has 0 radical (unpaired) electrons. The molecular formula is C14H10BrClF2O. The Balaban J connectivity index is 2.50. The Labute approximate surface area is 123 Å². The topological polar surface area (TPSA) is 20.2 Å². The van der Waals surface area contributed by atoms with Gasteiger partial charge in [0.1, 0.15) is 17.7 Å². The molecule has 0 aliphatic rings. The lowest BCUT2D eigenvalue weighted by atomic mass is 9.97. The van der Waals surface area contributed by atoms with Gasteiger partial charge in [0.25, 0.3) is 0 Å². The third-order valence-corrected chi connectivity index (χ3v) is 4.14. The van der Waals surface area contributed by atoms with Crippen molar-refractivity contribution in [3.8, 4) is 0 Å². The molecule has 1 atom stereocenters. The number of hydrogen-bond donors (Lipinski definition) is 1. The molecule has 100 valence electrons. The first-order valence-corrected chi connectivity index (χ1v) is 6.66. The third kappa shape index (κ3) is 2.81. The monoisotopic (exact) mass is 346 g/mol. The molecule has 0 aliphatic carbocycles. The molecule has 0 spiro atoms. The molecule has 19 heavy (non-hydrogen) atoms. The zero-order valence-corrected chi connectivity index (χ0v) is 12.3. The SMILES string of the molecule is Cc1cc(F)ccc1C(O)c1ccc(Br)c(Cl)c1F. The molecule has 0 amide bonds. The molecule has 2 rings (SSSR count). The van der Waals surface area contributed by atoms with Crippen LogP contribution in [0.5, 0.6) is 0 Å². The van der Waals surface area contributed by atoms with E-state index in [1.165, 1.54) is 24.3 Å². The third-order valence-electron chi connectivity index (χ3n) is 2.89. The van der Waals surface area contributed by atoms with Crippen LogP contribution in [-0.2, 0) is 0 Å². The van der Waals surface area contributed by atoms with Crippen LogP contribution in [0.25, 0.3) is 0 Å². The highest BCUT2D eigenvalue weighted by Crippen LogP contribution is 2.33. The highest BCUT2D eigenvalue weighted by Gasteiger charge is 2.20. The average molecular weight is 348 g/mol. The van der Waals surface area contributed by atoms with Gasteiger partial charge < -0.3 is 5.11 Å². The summed E-state index contributed by atoms with van der Waals surface area (Å²) in [6, 6.07) is 6.95. The zero-order valence-electron chi connectivity index (χ0n) is 9.92. The van der Waals surface area contributed by atoms with E-state index in [9.17, 15) is 13.9 Å². The van der Waals surface area contributed by atoms with Crippen LogP contribution >= 0.6 is 27.5 Å². The van der Waals surface area contributed by atoms with Gasteiger partial charge in [-0.2, -0.15) is 0 Å². The van der Waals surface area contributed by atoms with Crippen molar-refractivity contribution in [3.05, 3.63) is 68.2 Å². The van der Waals surface area contributed by atoms with Gasteiger partial charge in [0, 0.05) is 10.0 Å². The van der Waals surface area contributed by atoms with Crippen molar-refractivity contribution < 1.29 is 13.9 Å². The minimum atomic E-state index is -1.19. The van der Waals surface area contributed by atoms with Crippen molar-refractivity contribution in [2.75, 3.05) is 0 Å². The summed E-state index contributed by atoms with van der Waals surface area (Å²) in [5.74, 6) is -1.09. The summed E-state index contributed by atoms with van der Waals surface area (Å²) in [5.41, 5.74) is 1.05. The predicted octanol–water partition coefficient (Wildman–Crippen LogP) is 4.77. The normalized spacial score (nSPS) is 12.5. The second-order valence-corrected chi connectivity index (χ2v) is 5.40. The Morgan fingerprint density at radius 3 is 2.42 bits per heavy atom. The summed E-state index contributed by atoms with van der Waals surface area (Å²) >= 11 is 8.89. The van der Waals surface area contributed by atoms with Crippen LogP contribution in [0.3, 0.4) is 0 Å². The summed E-state index contributed by atoms with van der Waals surface area (Å²) in [6.45, 7) is 1.65. The molecule has 0 saturated carbocycles. The van der Waals surface area contributed by atoms with Gasteiger partial charge in [-0.25, -0.2) is 8.78 Å². The van der Waals surface area contributed by atoms with Gasteiger partial charge >= 0.3 is 0 Å². The number of aryl methyl sites for hydroxylation is 1. The number of aliphatic hydroxyl groups excluding tert-OH is 1. The fraction of sp³-hybridized carbons (Fsp3) is 0.143. The first-order valence-electron chi connectivity index (χ1n) is 5.49. The van der Waals surface area contributed by atoms with Gasteiger partial charge in [-0.1, -0.05) is 23.7 Å². The van der Waals surface area contributed by atoms with E-state index >= 15 is 0 Å². The van der Waals surface area contributed by atoms with E-state index in [2.05, 4.69) is 15.9 Å². The molecular weight excluding hydrogens is 338 g/mol. The second-order valence-electron chi connectivity index (χ2n) is 4.17. The number of rotatable bonds is 2. The van der Waals surface area contributed by atoms with E-state index in [0.717, 1.165) is 0 Å². The van der Waals surface area contributed by atoms with Gasteiger partial charge in [-0.05, 0) is 52.2 Å². The van der Waals surface area contributed by atoms with Crippen molar-refractivity contribution >= 4 is 27.5 Å². The molecule has 0 aliphatic heterocycles. The van der Waals surface area contributed by atoms with Crippen LogP contribution in [0.2, 0.25) is 5.02 Å². The largest absolute Gasteiger partial charge is 0.384 e. The highest BCUT2D eigenvalue weighted by atomic mass is 79.9. The van der Waals surface area contributed by atoms with E-state index in [1.807, 2.05) is 0 Å². The quantitative estimate of drug-likeness (QED) is 0.776. The molecule has 0 heterocycles. The lowest BCUT2D eigenvalue weighted by Gasteiger charge is -2.16. The van der Waals surface area contributed by atoms with Crippen LogP contribution in [0, 0.1) is 18.6 Å². The van der Waals surface area contributed by atoms with Gasteiger partial charge in [0.15, 0.2) is 0 Å². The second kappa shape index (κ2) is 5.57. The van der Waals surface area contributed by atoms with Gasteiger partial charge in [-0.3, -0.25) is 0 Å². The first kappa shape index (κ1) is 14.4. The van der Waals surface area contributed by atoms with Crippen molar-refractivity contribution in [1.29, 1.82) is 0 Å². The Kier molecular flexibility index (Phi) is 4.23. The van der Waals surface area contributed by atoms with Crippen LogP contribution in [0.15, 0.2) is 34.8 Å². The zero-order chi connectivity index (χ0) is 14.2. The number of halogens is 4. The van der Waals surface area contributed by atoms with Gasteiger partial charge in [0.2, 0.25) is 0 Å². The molecule has 0 fully saturated rings. The lowest BCUT2D eigenvalue weighted by Crippen LogP contribution is -2.05. The standard InChI is InChI=1S/C14H10BrClF2O/c1-7-6-8(17)2-3-9(7)14(19)10-4-5-11(15)12(16)13(10)18/h2-6,14,19H,1H3. The van der Waals surface area contributed by atoms with Crippen LogP contribution in [0.4, 0.5) is 8.78 Å². The Hall–Kier alpha value is -0.970. The fourth-order valence-electron chi connectivity index (χ4n) is 1.87.